The van der Waals surface area contributed by atoms with Gasteiger partial charge < -0.3 is 72.8 Å². The molecule has 3 rings (SSSR count). The van der Waals surface area contributed by atoms with Crippen LogP contribution in [-0.2, 0) is 60.8 Å². The summed E-state index contributed by atoms with van der Waals surface area (Å²) in [6.45, 7) is 8.36. The molecule has 0 radical (unpaired) electrons. The number of carboxylic acid groups (broad SMARTS) is 2. The van der Waals surface area contributed by atoms with Crippen molar-refractivity contribution in [1.29, 1.82) is 0 Å². The first-order valence-electron chi connectivity index (χ1n) is 26.9. The number of aliphatic hydroxyl groups is 4. The first kappa shape index (κ1) is 66.3. The molecule has 1 fully saturated rings. The molecule has 0 saturated carbocycles. The summed E-state index contributed by atoms with van der Waals surface area (Å²) in [6.07, 6.45) is -0.455. The van der Waals surface area contributed by atoms with Crippen LogP contribution in [0.3, 0.4) is 0 Å². The third kappa shape index (κ3) is 23.1. The van der Waals surface area contributed by atoms with Crippen molar-refractivity contribution in [2.75, 3.05) is 19.8 Å². The van der Waals surface area contributed by atoms with E-state index in [0.29, 0.717) is 29.9 Å². The number of benzene rings is 2. The number of aliphatic hydroxyl groups excluding tert-OH is 4. The van der Waals surface area contributed by atoms with Crippen molar-refractivity contribution in [3.63, 3.8) is 0 Å². The molecule has 1 aliphatic rings. The second kappa shape index (κ2) is 33.4. The molecule has 24 heteroatoms. The molecule has 1 heterocycles. The maximum Gasteiger partial charge on any atom is 0.326 e. The average molecular weight is 1110 g/mol. The summed E-state index contributed by atoms with van der Waals surface area (Å²) >= 11 is 0. The van der Waals surface area contributed by atoms with Crippen molar-refractivity contribution in [2.24, 2.45) is 17.8 Å². The lowest BCUT2D eigenvalue weighted by Gasteiger charge is -2.32. The Hall–Kier alpha value is -7.02. The van der Waals surface area contributed by atoms with E-state index in [9.17, 15) is 78.6 Å². The van der Waals surface area contributed by atoms with Gasteiger partial charge in [-0.05, 0) is 41.7 Å². The quantitative estimate of drug-likeness (QED) is 0.0390. The number of carbonyl (C=O) groups excluding carboxylic acids is 8. The van der Waals surface area contributed by atoms with Crippen LogP contribution >= 0.6 is 0 Å². The highest BCUT2D eigenvalue weighted by Gasteiger charge is 2.44. The normalized spacial score (nSPS) is 17.3. The van der Waals surface area contributed by atoms with Crippen LogP contribution in [-0.4, -0.2) is 175 Å². The lowest BCUT2D eigenvalue weighted by Crippen LogP contribution is -2.61. The maximum absolute atomic E-state index is 14.3. The Morgan fingerprint density at radius 1 is 0.557 bits per heavy atom. The highest BCUT2D eigenvalue weighted by atomic mass is 16.4. The summed E-state index contributed by atoms with van der Waals surface area (Å²) in [4.78, 5) is 135. The Kier molecular flexibility index (Phi) is 28.0. The van der Waals surface area contributed by atoms with Gasteiger partial charge in [0.2, 0.25) is 47.3 Å². The first-order chi connectivity index (χ1) is 37.3. The van der Waals surface area contributed by atoms with Gasteiger partial charge in [-0.3, -0.25) is 43.2 Å². The van der Waals surface area contributed by atoms with Gasteiger partial charge in [-0.1, -0.05) is 128 Å². The van der Waals surface area contributed by atoms with E-state index in [1.165, 1.54) is 0 Å². The molecule has 2 aromatic carbocycles. The SMILES string of the molecule is CC(C)CCCCCC(O)CC(=O)N[C@H](CC(=O)O)C(=O)N[C@H](Cc1ccccc1)C(=O)N[C@@H](CO)C(=O)N[C@@H](C(=O)N1C[C@H](O)C[C@H]1C(=O)N[C@@H](CO)C(=O)N[C@H](CC(C)C)C(=O)N[C@@H](Cc1ccccc1)C(=O)O)C(C)C. The molecular formula is C55H82N8O16. The topological polar surface area (TPSA) is 380 Å². The number of hydrogen-bond donors (Lipinski definition) is 13. The van der Waals surface area contributed by atoms with E-state index in [-0.39, 0.29) is 31.6 Å². The Bertz CT molecular complexity index is 2340. The minimum absolute atomic E-state index is 0.0362. The van der Waals surface area contributed by atoms with E-state index in [4.69, 9.17) is 0 Å². The minimum Gasteiger partial charge on any atom is -0.481 e. The lowest BCUT2D eigenvalue weighted by atomic mass is 10.0. The van der Waals surface area contributed by atoms with Gasteiger partial charge >= 0.3 is 11.9 Å². The molecule has 79 heavy (non-hydrogen) atoms. The number of amides is 8. The number of likely N-dealkylation sites (tertiary alicyclic amines) is 1. The predicted molar refractivity (Wildman–Crippen MR) is 287 cm³/mol. The van der Waals surface area contributed by atoms with Crippen molar-refractivity contribution < 1.29 is 78.6 Å². The summed E-state index contributed by atoms with van der Waals surface area (Å²) in [5.74, 6) is -10.9. The van der Waals surface area contributed by atoms with Crippen molar-refractivity contribution >= 4 is 59.2 Å². The first-order valence-corrected chi connectivity index (χ1v) is 26.9. The van der Waals surface area contributed by atoms with Gasteiger partial charge in [0.15, 0.2) is 0 Å². The number of aliphatic carboxylic acids is 2. The number of carbonyl (C=O) groups is 10. The van der Waals surface area contributed by atoms with Crippen LogP contribution in [0, 0.1) is 17.8 Å². The molecule has 24 nitrogen and oxygen atoms in total. The average Bonchev–Trinajstić information content (AvgIpc) is 3.80. The highest BCUT2D eigenvalue weighted by Crippen LogP contribution is 2.22. The van der Waals surface area contributed by atoms with Crippen LogP contribution in [0.15, 0.2) is 60.7 Å². The van der Waals surface area contributed by atoms with Gasteiger partial charge in [0.25, 0.3) is 0 Å². The highest BCUT2D eigenvalue weighted by molar-refractivity contribution is 5.99. The van der Waals surface area contributed by atoms with Crippen LogP contribution in [0.2, 0.25) is 0 Å². The van der Waals surface area contributed by atoms with E-state index >= 15 is 0 Å². The molecule has 1 saturated heterocycles. The standard InChI is InChI=1S/C55H82N8O16/c1-31(2)16-10-7-15-21-36(66)26-45(68)56-40(27-46(69)70)50(73)58-39(23-34-17-11-8-12-18-34)49(72)60-43(30-65)52(75)62-47(33(5)6)54(77)63-28-37(67)25-44(63)53(76)61-42(29-64)51(74)57-38(22-32(3)4)48(71)59-41(55(78)79)24-35-19-13-9-14-20-35/h8-9,11-14,17-20,31-33,36-44,47,64-67H,7,10,15-16,21-30H2,1-6H3,(H,56,68)(H,57,74)(H,58,73)(H,59,71)(H,60,72)(H,61,76)(H,62,75)(H,69,70)(H,78,79)/t36?,37-,38-,39-,40-,41+,42+,43+,44+,47-/m1/s1. The van der Waals surface area contributed by atoms with Crippen LogP contribution in [0.1, 0.15) is 110 Å². The van der Waals surface area contributed by atoms with Gasteiger partial charge in [0.05, 0.1) is 38.3 Å². The molecule has 8 amide bonds. The molecular weight excluding hydrogens is 1030 g/mol. The lowest BCUT2D eigenvalue weighted by molar-refractivity contribution is -0.144. The van der Waals surface area contributed by atoms with E-state index in [2.05, 4.69) is 51.1 Å². The monoisotopic (exact) mass is 1110 g/mol. The summed E-state index contributed by atoms with van der Waals surface area (Å²) in [7, 11) is 0. The van der Waals surface area contributed by atoms with Crippen molar-refractivity contribution in [2.45, 2.75) is 173 Å². The summed E-state index contributed by atoms with van der Waals surface area (Å²) in [5, 5.41) is 78.4. The van der Waals surface area contributed by atoms with Crippen LogP contribution < -0.4 is 37.2 Å². The third-order valence-corrected chi connectivity index (χ3v) is 13.1. The molecule has 0 bridgehead atoms. The number of hydrogen-bond acceptors (Lipinski definition) is 14. The molecule has 1 aliphatic heterocycles. The summed E-state index contributed by atoms with van der Waals surface area (Å²) < 4.78 is 0. The number of β-amino-alcohol motifs (C(OH)–C–C–N with tert-alkyl or cyclic N) is 1. The van der Waals surface area contributed by atoms with Crippen LogP contribution in [0.4, 0.5) is 0 Å². The zero-order valence-electron chi connectivity index (χ0n) is 45.9. The zero-order chi connectivity index (χ0) is 58.9. The van der Waals surface area contributed by atoms with Crippen molar-refractivity contribution in [3.8, 4) is 0 Å². The number of nitrogens with zero attached hydrogens (tertiary/aromatic N) is 1. The van der Waals surface area contributed by atoms with E-state index in [1.807, 2.05) is 0 Å². The van der Waals surface area contributed by atoms with Gasteiger partial charge in [0, 0.05) is 25.8 Å². The molecule has 0 aromatic heterocycles. The number of unbranched alkanes of at least 4 members (excludes halogenated alkanes) is 2. The summed E-state index contributed by atoms with van der Waals surface area (Å²) in [6, 6.07) is 4.49. The Balaban J connectivity index is 1.75. The van der Waals surface area contributed by atoms with Crippen molar-refractivity contribution in [3.05, 3.63) is 71.8 Å². The minimum atomic E-state index is -1.77. The Morgan fingerprint density at radius 3 is 1.57 bits per heavy atom. The van der Waals surface area contributed by atoms with Crippen LogP contribution in [0.5, 0.6) is 0 Å². The Labute approximate surface area is 460 Å². The second-order valence-electron chi connectivity index (χ2n) is 21.3. The van der Waals surface area contributed by atoms with Crippen molar-refractivity contribution in [1.82, 2.24) is 42.1 Å². The number of carboxylic acids is 2. The molecule has 13 N–H and O–H groups in total. The van der Waals surface area contributed by atoms with Gasteiger partial charge in [-0.2, -0.15) is 0 Å². The molecule has 438 valence electrons. The van der Waals surface area contributed by atoms with Crippen LogP contribution in [0.25, 0.3) is 0 Å². The Morgan fingerprint density at radius 2 is 1.04 bits per heavy atom. The molecule has 2 aromatic rings. The van der Waals surface area contributed by atoms with Gasteiger partial charge in [-0.15, -0.1) is 0 Å². The number of rotatable bonds is 34. The molecule has 1 unspecified atom stereocenters. The molecule has 0 spiro atoms. The summed E-state index contributed by atoms with van der Waals surface area (Å²) in [5.41, 5.74) is 1.14. The second-order valence-corrected chi connectivity index (χ2v) is 21.3. The van der Waals surface area contributed by atoms with Gasteiger partial charge in [0.1, 0.15) is 48.3 Å². The van der Waals surface area contributed by atoms with E-state index in [1.54, 1.807) is 88.4 Å². The molecule has 10 atom stereocenters. The zero-order valence-corrected chi connectivity index (χ0v) is 45.9. The number of nitrogens with one attached hydrogen (secondary N) is 7. The van der Waals surface area contributed by atoms with E-state index in [0.717, 1.165) is 24.2 Å². The van der Waals surface area contributed by atoms with E-state index < -0.39 is 158 Å². The maximum atomic E-state index is 14.3. The fourth-order valence-electron chi connectivity index (χ4n) is 8.87. The largest absolute Gasteiger partial charge is 0.481 e. The smallest absolute Gasteiger partial charge is 0.326 e. The third-order valence-electron chi connectivity index (χ3n) is 13.1. The molecule has 0 aliphatic carbocycles. The fraction of sp³-hybridized carbons (Fsp3) is 0.600. The van der Waals surface area contributed by atoms with Gasteiger partial charge in [-0.25, -0.2) is 4.79 Å². The fourth-order valence-corrected chi connectivity index (χ4v) is 8.87. The predicted octanol–water partition coefficient (Wildman–Crippen LogP) is -0.569.